The van der Waals surface area contributed by atoms with Crippen LogP contribution in [0.15, 0.2) is 28.3 Å². The summed E-state index contributed by atoms with van der Waals surface area (Å²) in [6, 6.07) is 6.21. The second kappa shape index (κ2) is 4.79. The number of hydrazone groups is 1. The second-order valence-corrected chi connectivity index (χ2v) is 3.86. The summed E-state index contributed by atoms with van der Waals surface area (Å²) in [6.45, 7) is 5.93. The molecule has 0 spiro atoms. The highest BCUT2D eigenvalue weighted by molar-refractivity contribution is 5.81. The first kappa shape index (κ1) is 10.7. The fraction of sp³-hybridized carbons (Fsp3) is 0.333. The molecule has 16 heavy (non-hydrogen) atoms. The van der Waals surface area contributed by atoms with E-state index >= 15 is 0 Å². The Morgan fingerprint density at radius 2 is 2.31 bits per heavy atom. The van der Waals surface area contributed by atoms with Crippen LogP contribution in [0.4, 0.5) is 0 Å². The lowest BCUT2D eigenvalue weighted by Crippen LogP contribution is -2.31. The summed E-state index contributed by atoms with van der Waals surface area (Å²) in [6.07, 6.45) is 3.61. The van der Waals surface area contributed by atoms with Crippen molar-refractivity contribution >= 4 is 12.6 Å². The summed E-state index contributed by atoms with van der Waals surface area (Å²) in [5.41, 5.74) is 6.62. The van der Waals surface area contributed by atoms with Crippen molar-refractivity contribution in [1.82, 2.24) is 10.5 Å². The summed E-state index contributed by atoms with van der Waals surface area (Å²) < 4.78 is 0. The Bertz CT molecular complexity index is 423. The maximum Gasteiger partial charge on any atom is 0.105 e. The molecule has 1 aromatic carbocycles. The van der Waals surface area contributed by atoms with Crippen LogP contribution in [0.2, 0.25) is 0 Å². The molecule has 0 unspecified atom stereocenters. The molecule has 0 aromatic heterocycles. The van der Waals surface area contributed by atoms with Crippen molar-refractivity contribution in [2.45, 2.75) is 13.8 Å². The summed E-state index contributed by atoms with van der Waals surface area (Å²) in [4.78, 5) is 4.09. The average Bonchev–Trinajstić information content (AvgIpc) is 2.77. The molecule has 0 bridgehead atoms. The van der Waals surface area contributed by atoms with Crippen molar-refractivity contribution in [3.63, 3.8) is 0 Å². The lowest BCUT2D eigenvalue weighted by atomic mass is 10.0. The lowest BCUT2D eigenvalue weighted by Gasteiger charge is -2.11. The quantitative estimate of drug-likeness (QED) is 0.614. The van der Waals surface area contributed by atoms with Gasteiger partial charge in [0.1, 0.15) is 6.34 Å². The van der Waals surface area contributed by atoms with E-state index in [2.05, 4.69) is 41.6 Å². The molecule has 84 valence electrons. The highest BCUT2D eigenvalue weighted by Crippen LogP contribution is 2.10. The van der Waals surface area contributed by atoms with Crippen molar-refractivity contribution in [2.24, 2.45) is 10.1 Å². The molecule has 1 aromatic rings. The molecule has 0 saturated carbocycles. The third-order valence-electron chi connectivity index (χ3n) is 2.73. The molecule has 0 atom stereocenters. The SMILES string of the molecule is Cc1cccc(C=NNN2C=NCC2)c1C. The normalized spacial score (nSPS) is 15.0. The van der Waals surface area contributed by atoms with E-state index in [0.29, 0.717) is 0 Å². The van der Waals surface area contributed by atoms with Crippen LogP contribution >= 0.6 is 0 Å². The maximum absolute atomic E-state index is 4.19. The smallest absolute Gasteiger partial charge is 0.105 e. The summed E-state index contributed by atoms with van der Waals surface area (Å²) in [7, 11) is 0. The summed E-state index contributed by atoms with van der Waals surface area (Å²) in [5, 5.41) is 6.05. The van der Waals surface area contributed by atoms with Gasteiger partial charge in [-0.3, -0.25) is 10.0 Å². The zero-order valence-corrected chi connectivity index (χ0v) is 9.64. The molecule has 1 aliphatic rings. The zero-order valence-electron chi connectivity index (χ0n) is 9.64. The predicted molar refractivity (Wildman–Crippen MR) is 66.7 cm³/mol. The Hall–Kier alpha value is -1.84. The number of hydrogen-bond acceptors (Lipinski definition) is 4. The zero-order chi connectivity index (χ0) is 11.4. The van der Waals surface area contributed by atoms with Crippen LogP contribution in [0, 0.1) is 13.8 Å². The molecular weight excluding hydrogens is 200 g/mol. The minimum absolute atomic E-state index is 0.839. The van der Waals surface area contributed by atoms with E-state index in [1.54, 1.807) is 6.34 Å². The third-order valence-corrected chi connectivity index (χ3v) is 2.73. The van der Waals surface area contributed by atoms with Crippen LogP contribution in [0.5, 0.6) is 0 Å². The van der Waals surface area contributed by atoms with E-state index in [4.69, 9.17) is 0 Å². The highest BCUT2D eigenvalue weighted by atomic mass is 15.7. The molecule has 1 heterocycles. The van der Waals surface area contributed by atoms with E-state index in [9.17, 15) is 0 Å². The lowest BCUT2D eigenvalue weighted by molar-refractivity contribution is 0.354. The number of aliphatic imine (C=N–C) groups is 1. The van der Waals surface area contributed by atoms with Gasteiger partial charge in [-0.05, 0) is 30.5 Å². The second-order valence-electron chi connectivity index (χ2n) is 3.86. The van der Waals surface area contributed by atoms with Gasteiger partial charge in [-0.15, -0.1) is 0 Å². The van der Waals surface area contributed by atoms with Gasteiger partial charge < -0.3 is 0 Å². The number of aryl methyl sites for hydroxylation is 1. The van der Waals surface area contributed by atoms with Crippen LogP contribution in [0.3, 0.4) is 0 Å². The average molecular weight is 216 g/mol. The van der Waals surface area contributed by atoms with Crippen molar-refractivity contribution in [2.75, 3.05) is 13.1 Å². The van der Waals surface area contributed by atoms with Crippen molar-refractivity contribution in [1.29, 1.82) is 0 Å². The van der Waals surface area contributed by atoms with Crippen LogP contribution in [-0.4, -0.2) is 30.7 Å². The van der Waals surface area contributed by atoms with Crippen LogP contribution < -0.4 is 5.53 Å². The maximum atomic E-state index is 4.19. The minimum Gasteiger partial charge on any atom is -0.272 e. The minimum atomic E-state index is 0.839. The topological polar surface area (TPSA) is 40.0 Å². The number of hydrogen-bond donors (Lipinski definition) is 1. The Balaban J connectivity index is 2.00. The van der Waals surface area contributed by atoms with Crippen LogP contribution in [0.25, 0.3) is 0 Å². The van der Waals surface area contributed by atoms with E-state index < -0.39 is 0 Å². The Labute approximate surface area is 95.7 Å². The van der Waals surface area contributed by atoms with Crippen LogP contribution in [-0.2, 0) is 0 Å². The molecule has 4 heteroatoms. The van der Waals surface area contributed by atoms with E-state index in [0.717, 1.165) is 18.7 Å². The largest absolute Gasteiger partial charge is 0.272 e. The first-order chi connectivity index (χ1) is 7.77. The molecule has 2 rings (SSSR count). The fourth-order valence-corrected chi connectivity index (χ4v) is 1.54. The fourth-order valence-electron chi connectivity index (χ4n) is 1.54. The molecule has 1 aliphatic heterocycles. The Morgan fingerprint density at radius 1 is 1.44 bits per heavy atom. The van der Waals surface area contributed by atoms with Gasteiger partial charge in [0.25, 0.3) is 0 Å². The first-order valence-corrected chi connectivity index (χ1v) is 5.39. The monoisotopic (exact) mass is 216 g/mol. The van der Waals surface area contributed by atoms with E-state index in [1.165, 1.54) is 11.1 Å². The van der Waals surface area contributed by atoms with Crippen molar-refractivity contribution in [3.8, 4) is 0 Å². The molecular formula is C12H16N4. The molecule has 0 saturated heterocycles. The number of hydrazine groups is 1. The molecule has 0 fully saturated rings. The highest BCUT2D eigenvalue weighted by Gasteiger charge is 2.02. The standard InChI is InChI=1S/C12H16N4/c1-10-4-3-5-12(11(10)2)8-14-15-16-7-6-13-9-16/h3-5,8-9,15H,6-7H2,1-2H3. The molecule has 4 nitrogen and oxygen atoms in total. The van der Waals surface area contributed by atoms with E-state index in [1.807, 2.05) is 17.3 Å². The van der Waals surface area contributed by atoms with Crippen molar-refractivity contribution in [3.05, 3.63) is 34.9 Å². The van der Waals surface area contributed by atoms with Gasteiger partial charge in [0.2, 0.25) is 0 Å². The van der Waals surface area contributed by atoms with E-state index in [-0.39, 0.29) is 0 Å². The third kappa shape index (κ3) is 2.39. The van der Waals surface area contributed by atoms with Gasteiger partial charge >= 0.3 is 0 Å². The molecule has 1 N–H and O–H groups in total. The van der Waals surface area contributed by atoms with Gasteiger partial charge in [0.05, 0.1) is 19.3 Å². The Kier molecular flexibility index (Phi) is 3.19. The van der Waals surface area contributed by atoms with Crippen LogP contribution in [0.1, 0.15) is 16.7 Å². The predicted octanol–water partition coefficient (Wildman–Crippen LogP) is 1.49. The number of rotatable bonds is 3. The first-order valence-electron chi connectivity index (χ1n) is 5.39. The number of benzene rings is 1. The van der Waals surface area contributed by atoms with Gasteiger partial charge in [-0.1, -0.05) is 18.2 Å². The molecule has 0 amide bonds. The van der Waals surface area contributed by atoms with Gasteiger partial charge in [0, 0.05) is 0 Å². The van der Waals surface area contributed by atoms with Gasteiger partial charge in [-0.25, -0.2) is 5.53 Å². The summed E-state index contributed by atoms with van der Waals surface area (Å²) in [5.74, 6) is 0. The van der Waals surface area contributed by atoms with Gasteiger partial charge in [-0.2, -0.15) is 5.10 Å². The molecule has 0 aliphatic carbocycles. The summed E-state index contributed by atoms with van der Waals surface area (Å²) >= 11 is 0. The number of nitrogens with one attached hydrogen (secondary N) is 1. The Morgan fingerprint density at radius 3 is 3.06 bits per heavy atom. The number of nitrogens with zero attached hydrogens (tertiary/aromatic N) is 3. The van der Waals surface area contributed by atoms with Crippen molar-refractivity contribution < 1.29 is 0 Å². The molecule has 0 radical (unpaired) electrons. The van der Waals surface area contributed by atoms with Gasteiger partial charge in [0.15, 0.2) is 0 Å².